The molecule has 0 unspecified atom stereocenters. The molecule has 4 rings (SSSR count). The van der Waals surface area contributed by atoms with Crippen LogP contribution in [0, 0.1) is 0 Å². The lowest BCUT2D eigenvalue weighted by Gasteiger charge is -2.03. The van der Waals surface area contributed by atoms with Crippen molar-refractivity contribution < 1.29 is 4.79 Å². The molecule has 0 bridgehead atoms. The molecule has 0 fully saturated rings. The minimum Gasteiger partial charge on any atom is -0.341 e. The summed E-state index contributed by atoms with van der Waals surface area (Å²) in [6.07, 6.45) is 1.65. The summed E-state index contributed by atoms with van der Waals surface area (Å²) in [6, 6.07) is 23.5. The molecule has 0 atom stereocenters. The van der Waals surface area contributed by atoms with Gasteiger partial charge in [0.05, 0.1) is 6.21 Å². The van der Waals surface area contributed by atoms with Gasteiger partial charge in [0.15, 0.2) is 0 Å². The second-order valence-corrected chi connectivity index (χ2v) is 6.23. The van der Waals surface area contributed by atoms with Crippen LogP contribution in [0.5, 0.6) is 0 Å². The monoisotopic (exact) mass is 356 g/mol. The number of benzene rings is 3. The van der Waals surface area contributed by atoms with Crippen molar-refractivity contribution >= 4 is 39.7 Å². The number of carbonyl (C=O) groups is 1. The third kappa shape index (κ3) is 3.40. The lowest BCUT2D eigenvalue weighted by Crippen LogP contribution is -2.24. The third-order valence-electron chi connectivity index (χ3n) is 4.52. The van der Waals surface area contributed by atoms with Gasteiger partial charge in [0.2, 0.25) is 0 Å². The number of hydrazone groups is 1. The number of carbonyl (C=O) groups excluding carboxylic acids is 1. The molecule has 27 heavy (non-hydrogen) atoms. The normalized spacial score (nSPS) is 11.3. The van der Waals surface area contributed by atoms with Crippen LogP contribution in [0.4, 0.5) is 10.5 Å². The number of aromatic nitrogens is 1. The average Bonchev–Trinajstić information content (AvgIpc) is 3.02. The van der Waals surface area contributed by atoms with Crippen LogP contribution in [0.25, 0.3) is 21.8 Å². The van der Waals surface area contributed by atoms with E-state index in [4.69, 9.17) is 0 Å². The van der Waals surface area contributed by atoms with Gasteiger partial charge in [-0.05, 0) is 42.8 Å². The van der Waals surface area contributed by atoms with Crippen LogP contribution in [-0.4, -0.2) is 16.8 Å². The van der Waals surface area contributed by atoms with E-state index in [1.54, 1.807) is 6.21 Å². The van der Waals surface area contributed by atoms with E-state index in [1.165, 1.54) is 21.8 Å². The molecule has 0 radical (unpaired) electrons. The van der Waals surface area contributed by atoms with E-state index in [0.29, 0.717) is 0 Å². The Balaban J connectivity index is 1.55. The van der Waals surface area contributed by atoms with Crippen LogP contribution in [0.15, 0.2) is 77.9 Å². The van der Waals surface area contributed by atoms with E-state index in [0.717, 1.165) is 17.8 Å². The van der Waals surface area contributed by atoms with Gasteiger partial charge in [-0.25, -0.2) is 10.2 Å². The van der Waals surface area contributed by atoms with Crippen LogP contribution in [0.3, 0.4) is 0 Å². The quantitative estimate of drug-likeness (QED) is 0.394. The van der Waals surface area contributed by atoms with Crippen LogP contribution in [0.1, 0.15) is 12.5 Å². The molecule has 0 saturated heterocycles. The van der Waals surface area contributed by atoms with E-state index in [2.05, 4.69) is 63.7 Å². The second-order valence-electron chi connectivity index (χ2n) is 6.23. The Morgan fingerprint density at radius 3 is 2.52 bits per heavy atom. The Kier molecular flexibility index (Phi) is 4.58. The number of rotatable bonds is 4. The van der Waals surface area contributed by atoms with Crippen LogP contribution >= 0.6 is 0 Å². The Hall–Kier alpha value is -3.60. The smallest absolute Gasteiger partial charge is 0.339 e. The summed E-state index contributed by atoms with van der Waals surface area (Å²) >= 11 is 0. The topological polar surface area (TPSA) is 58.4 Å². The highest BCUT2D eigenvalue weighted by atomic mass is 16.2. The minimum atomic E-state index is -0.374. The van der Waals surface area contributed by atoms with Crippen LogP contribution < -0.4 is 10.7 Å². The van der Waals surface area contributed by atoms with Crippen molar-refractivity contribution in [3.8, 4) is 0 Å². The summed E-state index contributed by atoms with van der Waals surface area (Å²) in [5.74, 6) is 0. The lowest BCUT2D eigenvalue weighted by molar-refractivity contribution is 0.252. The van der Waals surface area contributed by atoms with E-state index in [1.807, 2.05) is 36.4 Å². The zero-order chi connectivity index (χ0) is 18.6. The maximum atomic E-state index is 11.9. The molecule has 0 aliphatic rings. The maximum Gasteiger partial charge on any atom is 0.339 e. The number of nitrogens with zero attached hydrogens (tertiary/aromatic N) is 2. The van der Waals surface area contributed by atoms with Crippen LogP contribution in [0.2, 0.25) is 0 Å². The van der Waals surface area contributed by atoms with E-state index >= 15 is 0 Å². The Bertz CT molecular complexity index is 1130. The Labute approximate surface area is 157 Å². The van der Waals surface area contributed by atoms with Crippen molar-refractivity contribution in [3.05, 3.63) is 78.4 Å². The first-order valence-electron chi connectivity index (χ1n) is 8.92. The summed E-state index contributed by atoms with van der Waals surface area (Å²) < 4.78 is 2.30. The molecule has 2 amide bonds. The second kappa shape index (κ2) is 7.33. The molecule has 5 heteroatoms. The number of fused-ring (bicyclic) bond motifs is 3. The Morgan fingerprint density at radius 1 is 0.963 bits per heavy atom. The number of nitrogens with one attached hydrogen (secondary N) is 2. The van der Waals surface area contributed by atoms with Crippen molar-refractivity contribution in [1.82, 2.24) is 9.99 Å². The largest absolute Gasteiger partial charge is 0.341 e. The molecule has 1 aromatic heterocycles. The first-order valence-corrected chi connectivity index (χ1v) is 8.92. The standard InChI is InChI=1S/C22H20N4O/c1-2-26-20-11-7-6-10-18(20)19-14-16(12-13-21(19)26)15-23-25-22(27)24-17-8-4-3-5-9-17/h3-15H,2H2,1H3,(H2,24,25,27). The van der Waals surface area contributed by atoms with Crippen LogP contribution in [-0.2, 0) is 6.54 Å². The summed E-state index contributed by atoms with van der Waals surface area (Å²) in [6.45, 7) is 3.06. The fourth-order valence-corrected chi connectivity index (χ4v) is 3.34. The summed E-state index contributed by atoms with van der Waals surface area (Å²) in [7, 11) is 0. The molecular formula is C22H20N4O. The van der Waals surface area contributed by atoms with Gasteiger partial charge in [0.1, 0.15) is 0 Å². The number of hydrogen-bond acceptors (Lipinski definition) is 2. The fraction of sp³-hybridized carbons (Fsp3) is 0.0909. The molecule has 5 nitrogen and oxygen atoms in total. The van der Waals surface area contributed by atoms with Gasteiger partial charge in [-0.15, -0.1) is 0 Å². The average molecular weight is 356 g/mol. The first kappa shape index (κ1) is 16.8. The molecule has 0 saturated carbocycles. The number of para-hydroxylation sites is 2. The van der Waals surface area contributed by atoms with Crippen molar-refractivity contribution in [2.75, 3.05) is 5.32 Å². The van der Waals surface area contributed by atoms with Crippen molar-refractivity contribution in [3.63, 3.8) is 0 Å². The first-order chi connectivity index (χ1) is 13.3. The van der Waals surface area contributed by atoms with Crippen molar-refractivity contribution in [1.29, 1.82) is 0 Å². The van der Waals surface area contributed by atoms with Gasteiger partial charge in [-0.3, -0.25) is 0 Å². The predicted octanol–water partition coefficient (Wildman–Crippen LogP) is 4.97. The molecule has 134 valence electrons. The highest BCUT2D eigenvalue weighted by Crippen LogP contribution is 2.29. The van der Waals surface area contributed by atoms with E-state index < -0.39 is 0 Å². The van der Waals surface area contributed by atoms with Gasteiger partial charge in [0.25, 0.3) is 0 Å². The zero-order valence-electron chi connectivity index (χ0n) is 15.0. The molecule has 0 aliphatic heterocycles. The number of amides is 2. The van der Waals surface area contributed by atoms with Gasteiger partial charge in [-0.1, -0.05) is 42.5 Å². The highest BCUT2D eigenvalue weighted by Gasteiger charge is 2.09. The lowest BCUT2D eigenvalue weighted by atomic mass is 10.1. The van der Waals surface area contributed by atoms with Crippen molar-refractivity contribution in [2.45, 2.75) is 13.5 Å². The summed E-state index contributed by atoms with van der Waals surface area (Å²) in [5, 5.41) is 9.19. The summed E-state index contributed by atoms with van der Waals surface area (Å²) in [4.78, 5) is 11.9. The van der Waals surface area contributed by atoms with Crippen molar-refractivity contribution in [2.24, 2.45) is 5.10 Å². The molecule has 3 aromatic carbocycles. The molecule has 1 heterocycles. The van der Waals surface area contributed by atoms with Gasteiger partial charge in [-0.2, -0.15) is 5.10 Å². The summed E-state index contributed by atoms with van der Waals surface area (Å²) in [5.41, 5.74) is 6.57. The minimum absolute atomic E-state index is 0.374. The molecule has 4 aromatic rings. The third-order valence-corrected chi connectivity index (χ3v) is 4.52. The number of urea groups is 1. The van der Waals surface area contributed by atoms with Gasteiger partial charge in [0, 0.05) is 34.0 Å². The number of aryl methyl sites for hydroxylation is 1. The predicted molar refractivity (Wildman–Crippen MR) is 111 cm³/mol. The SMILES string of the molecule is CCn1c2ccccc2c2cc(C=NNC(=O)Nc3ccccc3)ccc21. The van der Waals surface area contributed by atoms with Gasteiger partial charge >= 0.3 is 6.03 Å². The van der Waals surface area contributed by atoms with E-state index in [-0.39, 0.29) is 6.03 Å². The highest BCUT2D eigenvalue weighted by molar-refractivity contribution is 6.09. The Morgan fingerprint density at radius 2 is 1.70 bits per heavy atom. The molecule has 2 N–H and O–H groups in total. The van der Waals surface area contributed by atoms with E-state index in [9.17, 15) is 4.79 Å². The zero-order valence-corrected chi connectivity index (χ0v) is 15.0. The molecule has 0 aliphatic carbocycles. The maximum absolute atomic E-state index is 11.9. The van der Waals surface area contributed by atoms with Gasteiger partial charge < -0.3 is 9.88 Å². The molecular weight excluding hydrogens is 336 g/mol. The molecule has 0 spiro atoms. The number of hydrogen-bond donors (Lipinski definition) is 2. The number of anilines is 1. The fourth-order valence-electron chi connectivity index (χ4n) is 3.34.